The maximum Gasteiger partial charge on any atom is 0.229 e. The van der Waals surface area contributed by atoms with Gasteiger partial charge in [0, 0.05) is 50.2 Å². The Bertz CT molecular complexity index is 1120. The molecule has 1 spiro atoms. The van der Waals surface area contributed by atoms with Gasteiger partial charge in [-0.25, -0.2) is 4.98 Å². The van der Waals surface area contributed by atoms with E-state index in [1.54, 1.807) is 6.26 Å². The molecule has 3 saturated heterocycles. The van der Waals surface area contributed by atoms with Crippen LogP contribution in [0.25, 0.3) is 11.1 Å². The number of ether oxygens (including phenoxy) is 1. The van der Waals surface area contributed by atoms with Crippen LogP contribution in [-0.4, -0.2) is 62.5 Å². The number of piperidine rings is 1. The summed E-state index contributed by atoms with van der Waals surface area (Å²) in [5.74, 6) is 1.51. The van der Waals surface area contributed by atoms with Crippen LogP contribution in [0.3, 0.4) is 0 Å². The van der Waals surface area contributed by atoms with E-state index in [2.05, 4.69) is 45.6 Å². The third-order valence-electron chi connectivity index (χ3n) is 7.55. The van der Waals surface area contributed by atoms with E-state index in [1.165, 1.54) is 30.5 Å². The molecule has 0 saturated carbocycles. The predicted octanol–water partition coefficient (Wildman–Crippen LogP) is 3.69. The van der Waals surface area contributed by atoms with Crippen LogP contribution in [0.2, 0.25) is 0 Å². The number of aromatic nitrogens is 2. The Hall–Kier alpha value is -2.84. The molecule has 0 aliphatic carbocycles. The van der Waals surface area contributed by atoms with E-state index in [0.29, 0.717) is 11.4 Å². The second-order valence-corrected chi connectivity index (χ2v) is 9.65. The fraction of sp³-hybridized carbons (Fsp3) is 0.520. The molecule has 3 fully saturated rings. The van der Waals surface area contributed by atoms with Gasteiger partial charge in [-0.15, -0.1) is 0 Å². The number of nitrogens with zero attached hydrogens (tertiary/aromatic N) is 4. The van der Waals surface area contributed by atoms with Gasteiger partial charge >= 0.3 is 0 Å². The molecule has 3 aliphatic heterocycles. The van der Waals surface area contributed by atoms with E-state index in [0.717, 1.165) is 75.1 Å². The van der Waals surface area contributed by atoms with Crippen LogP contribution in [0.5, 0.6) is 0 Å². The molecule has 8 nitrogen and oxygen atoms in total. The molecular weight excluding hydrogens is 416 g/mol. The lowest BCUT2D eigenvalue weighted by molar-refractivity contribution is 0.122. The zero-order valence-electron chi connectivity index (χ0n) is 19.3. The van der Waals surface area contributed by atoms with Crippen LogP contribution in [0.15, 0.2) is 34.9 Å². The Balaban J connectivity index is 1.24. The Labute approximate surface area is 194 Å². The highest BCUT2D eigenvalue weighted by atomic mass is 16.5. The quantitative estimate of drug-likeness (QED) is 0.626. The summed E-state index contributed by atoms with van der Waals surface area (Å²) in [5, 5.41) is 6.99. The van der Waals surface area contributed by atoms with Gasteiger partial charge in [0.25, 0.3) is 0 Å². The molecule has 0 unspecified atom stereocenters. The van der Waals surface area contributed by atoms with Crippen molar-refractivity contribution in [2.24, 2.45) is 5.41 Å². The molecule has 0 amide bonds. The molecule has 33 heavy (non-hydrogen) atoms. The van der Waals surface area contributed by atoms with E-state index in [4.69, 9.17) is 19.1 Å². The Morgan fingerprint density at radius 1 is 1.00 bits per heavy atom. The number of morpholine rings is 1. The van der Waals surface area contributed by atoms with Crippen molar-refractivity contribution in [2.45, 2.75) is 26.2 Å². The highest BCUT2D eigenvalue weighted by Gasteiger charge is 2.38. The summed E-state index contributed by atoms with van der Waals surface area (Å²) in [5.41, 5.74) is 5.57. The first kappa shape index (κ1) is 20.7. The first-order valence-corrected chi connectivity index (χ1v) is 12.1. The molecule has 2 N–H and O–H groups in total. The van der Waals surface area contributed by atoms with Crippen molar-refractivity contribution < 1.29 is 9.15 Å². The molecule has 174 valence electrons. The van der Waals surface area contributed by atoms with Crippen molar-refractivity contribution in [3.05, 3.63) is 36.1 Å². The SMILES string of the molecule is Cc1cc(Nc2nc(N3CCC4(CCNC4)CC3)c3occc3n2)ccc1N1CCOCC1. The van der Waals surface area contributed by atoms with E-state index < -0.39 is 0 Å². The van der Waals surface area contributed by atoms with Gasteiger partial charge in [-0.05, 0) is 61.9 Å². The van der Waals surface area contributed by atoms with Gasteiger partial charge in [0.2, 0.25) is 5.95 Å². The van der Waals surface area contributed by atoms with Crippen molar-refractivity contribution >= 4 is 34.2 Å². The summed E-state index contributed by atoms with van der Waals surface area (Å²) in [7, 11) is 0. The van der Waals surface area contributed by atoms with Crippen LogP contribution >= 0.6 is 0 Å². The number of benzene rings is 1. The molecule has 8 heteroatoms. The van der Waals surface area contributed by atoms with Gasteiger partial charge in [-0.3, -0.25) is 0 Å². The normalized spacial score (nSPS) is 20.6. The fourth-order valence-electron chi connectivity index (χ4n) is 5.55. The first-order valence-electron chi connectivity index (χ1n) is 12.1. The molecule has 0 bridgehead atoms. The van der Waals surface area contributed by atoms with E-state index in [1.807, 2.05) is 6.07 Å². The third-order valence-corrected chi connectivity index (χ3v) is 7.55. The molecule has 3 aromatic rings. The highest BCUT2D eigenvalue weighted by molar-refractivity contribution is 5.85. The molecular formula is C25H32N6O2. The monoisotopic (exact) mass is 448 g/mol. The molecule has 3 aliphatic rings. The van der Waals surface area contributed by atoms with E-state index >= 15 is 0 Å². The lowest BCUT2D eigenvalue weighted by atomic mass is 9.78. The summed E-state index contributed by atoms with van der Waals surface area (Å²) in [6, 6.07) is 8.38. The molecule has 0 radical (unpaired) electrons. The zero-order valence-corrected chi connectivity index (χ0v) is 19.3. The zero-order chi connectivity index (χ0) is 22.3. The standard InChI is InChI=1S/C25H32N6O2/c1-18-16-19(2-3-21(18)30-11-14-32-15-12-30)27-24-28-20-4-13-33-22(20)23(29-24)31-9-6-25(7-10-31)5-8-26-17-25/h2-4,13,16,26H,5-12,14-15,17H2,1H3,(H,27,28,29). The van der Waals surface area contributed by atoms with Crippen LogP contribution in [0, 0.1) is 12.3 Å². The van der Waals surface area contributed by atoms with Gasteiger partial charge in [0.05, 0.1) is 19.5 Å². The average molecular weight is 449 g/mol. The van der Waals surface area contributed by atoms with Gasteiger partial charge in [0.1, 0.15) is 5.52 Å². The highest BCUT2D eigenvalue weighted by Crippen LogP contribution is 2.39. The van der Waals surface area contributed by atoms with Crippen LogP contribution in [0.4, 0.5) is 23.1 Å². The minimum atomic E-state index is 0.465. The molecule has 6 rings (SSSR count). The van der Waals surface area contributed by atoms with Crippen molar-refractivity contribution in [2.75, 3.05) is 67.6 Å². The summed E-state index contributed by atoms with van der Waals surface area (Å²) in [4.78, 5) is 14.4. The Morgan fingerprint density at radius 2 is 1.85 bits per heavy atom. The maximum absolute atomic E-state index is 5.80. The van der Waals surface area contributed by atoms with Crippen molar-refractivity contribution in [3.8, 4) is 0 Å². The van der Waals surface area contributed by atoms with Crippen molar-refractivity contribution in [3.63, 3.8) is 0 Å². The van der Waals surface area contributed by atoms with Gasteiger partial charge in [0.15, 0.2) is 11.4 Å². The molecule has 2 aromatic heterocycles. The maximum atomic E-state index is 5.80. The minimum absolute atomic E-state index is 0.465. The van der Waals surface area contributed by atoms with Gasteiger partial charge < -0.3 is 29.6 Å². The van der Waals surface area contributed by atoms with Crippen LogP contribution < -0.4 is 20.4 Å². The topological polar surface area (TPSA) is 78.7 Å². The largest absolute Gasteiger partial charge is 0.459 e. The number of hydrogen-bond acceptors (Lipinski definition) is 8. The summed E-state index contributed by atoms with van der Waals surface area (Å²) in [6.07, 6.45) is 5.38. The third kappa shape index (κ3) is 4.02. The number of rotatable bonds is 4. The molecule has 0 atom stereocenters. The summed E-state index contributed by atoms with van der Waals surface area (Å²) >= 11 is 0. The number of furan rings is 1. The van der Waals surface area contributed by atoms with Crippen LogP contribution in [-0.2, 0) is 4.74 Å². The van der Waals surface area contributed by atoms with Crippen molar-refractivity contribution in [1.82, 2.24) is 15.3 Å². The van der Waals surface area contributed by atoms with Gasteiger partial charge in [-0.1, -0.05) is 0 Å². The first-order chi connectivity index (χ1) is 16.2. The Kier molecular flexibility index (Phi) is 5.34. The fourth-order valence-corrected chi connectivity index (χ4v) is 5.55. The van der Waals surface area contributed by atoms with Gasteiger partial charge in [-0.2, -0.15) is 4.98 Å². The molecule has 1 aromatic carbocycles. The number of hydrogen-bond donors (Lipinski definition) is 2. The van der Waals surface area contributed by atoms with Crippen molar-refractivity contribution in [1.29, 1.82) is 0 Å². The smallest absolute Gasteiger partial charge is 0.229 e. The van der Waals surface area contributed by atoms with Crippen LogP contribution in [0.1, 0.15) is 24.8 Å². The lowest BCUT2D eigenvalue weighted by Crippen LogP contribution is -2.41. The number of aryl methyl sites for hydroxylation is 1. The average Bonchev–Trinajstić information content (AvgIpc) is 3.50. The summed E-state index contributed by atoms with van der Waals surface area (Å²) in [6.45, 7) is 9.89. The Morgan fingerprint density at radius 3 is 2.61 bits per heavy atom. The number of fused-ring (bicyclic) bond motifs is 1. The number of anilines is 4. The second kappa shape index (κ2) is 8.50. The minimum Gasteiger partial charge on any atom is -0.459 e. The lowest BCUT2D eigenvalue weighted by Gasteiger charge is -2.39. The van der Waals surface area contributed by atoms with E-state index in [9.17, 15) is 0 Å². The second-order valence-electron chi connectivity index (χ2n) is 9.65. The predicted molar refractivity (Wildman–Crippen MR) is 131 cm³/mol. The molecule has 5 heterocycles. The summed E-state index contributed by atoms with van der Waals surface area (Å²) < 4.78 is 11.3. The number of nitrogens with one attached hydrogen (secondary N) is 2. The van der Waals surface area contributed by atoms with E-state index in [-0.39, 0.29) is 0 Å².